The van der Waals surface area contributed by atoms with Crippen molar-refractivity contribution in [2.24, 2.45) is 45.8 Å². The first-order valence-electron chi connectivity index (χ1n) is 12.1. The Kier molecular flexibility index (Phi) is 4.96. The molecule has 0 spiro atoms. The van der Waals surface area contributed by atoms with Crippen molar-refractivity contribution in [2.75, 3.05) is 0 Å². The second-order valence-electron chi connectivity index (χ2n) is 11.8. The molecule has 0 saturated heterocycles. The summed E-state index contributed by atoms with van der Waals surface area (Å²) in [6, 6.07) is 0. The average Bonchev–Trinajstić information content (AvgIpc) is 2.98. The van der Waals surface area contributed by atoms with Gasteiger partial charge < -0.3 is 0 Å². The number of hydrogen-bond acceptors (Lipinski definition) is 0. The summed E-state index contributed by atoms with van der Waals surface area (Å²) in [5, 5.41) is 0. The van der Waals surface area contributed by atoms with Crippen molar-refractivity contribution in [3.63, 3.8) is 0 Å². The largest absolute Gasteiger partial charge is 0.103 e. The molecule has 4 aliphatic rings. The molecule has 0 radical (unpaired) electrons. The highest BCUT2D eigenvalue weighted by Crippen LogP contribution is 2.72. The standard InChI is InChI=1S/C27H44/c1-7-8-11-19(2)21-12-13-22-24-20(3)18-25(4)15-9-10-16-27(25,6)23(24)14-17-26(21,22)5/h7,19,21-24H,1,3,8-18H2,2,4-6H3. The van der Waals surface area contributed by atoms with E-state index in [4.69, 9.17) is 6.58 Å². The maximum Gasteiger partial charge on any atom is -0.0138 e. The highest BCUT2D eigenvalue weighted by atomic mass is 14.7. The van der Waals surface area contributed by atoms with Crippen molar-refractivity contribution < 1.29 is 0 Å². The predicted octanol–water partition coefficient (Wildman–Crippen LogP) is 8.19. The number of rotatable bonds is 4. The van der Waals surface area contributed by atoms with Gasteiger partial charge in [-0.2, -0.15) is 0 Å². The van der Waals surface area contributed by atoms with E-state index in [2.05, 4.69) is 40.3 Å². The first-order chi connectivity index (χ1) is 12.8. The molecule has 4 rings (SSSR count). The molecule has 27 heavy (non-hydrogen) atoms. The van der Waals surface area contributed by atoms with Crippen molar-refractivity contribution in [3.8, 4) is 0 Å². The Hall–Kier alpha value is -0.520. The fourth-order valence-corrected chi connectivity index (χ4v) is 9.12. The molecule has 0 bridgehead atoms. The molecule has 0 aromatic heterocycles. The zero-order valence-corrected chi connectivity index (χ0v) is 18.7. The summed E-state index contributed by atoms with van der Waals surface area (Å²) in [6.45, 7) is 19.3. The van der Waals surface area contributed by atoms with Gasteiger partial charge in [0, 0.05) is 0 Å². The van der Waals surface area contributed by atoms with Crippen LogP contribution in [0.5, 0.6) is 0 Å². The molecule has 4 saturated carbocycles. The van der Waals surface area contributed by atoms with Crippen LogP contribution in [0.2, 0.25) is 0 Å². The Bertz CT molecular complexity index is 601. The summed E-state index contributed by atoms with van der Waals surface area (Å²) in [5.41, 5.74) is 3.29. The molecule has 0 heteroatoms. The third-order valence-electron chi connectivity index (χ3n) is 10.8. The van der Waals surface area contributed by atoms with Gasteiger partial charge in [-0.25, -0.2) is 0 Å². The molecule has 0 aromatic rings. The van der Waals surface area contributed by atoms with Crippen LogP contribution in [0.4, 0.5) is 0 Å². The molecule has 0 N–H and O–H groups in total. The molecule has 4 fully saturated rings. The third kappa shape index (κ3) is 2.75. The number of hydrogen-bond donors (Lipinski definition) is 0. The Balaban J connectivity index is 1.63. The maximum absolute atomic E-state index is 4.76. The minimum Gasteiger partial charge on any atom is -0.103 e. The minimum atomic E-state index is 0.520. The fourth-order valence-electron chi connectivity index (χ4n) is 9.12. The van der Waals surface area contributed by atoms with Crippen molar-refractivity contribution in [1.82, 2.24) is 0 Å². The molecular weight excluding hydrogens is 324 g/mol. The Morgan fingerprint density at radius 1 is 1.04 bits per heavy atom. The summed E-state index contributed by atoms with van der Waals surface area (Å²) in [7, 11) is 0. The van der Waals surface area contributed by atoms with Crippen LogP contribution in [0.25, 0.3) is 0 Å². The quantitative estimate of drug-likeness (QED) is 0.439. The number of fused-ring (bicyclic) bond motifs is 5. The van der Waals surface area contributed by atoms with Crippen LogP contribution in [-0.2, 0) is 0 Å². The van der Waals surface area contributed by atoms with Crippen molar-refractivity contribution >= 4 is 0 Å². The van der Waals surface area contributed by atoms with E-state index in [9.17, 15) is 0 Å². The van der Waals surface area contributed by atoms with E-state index in [1.54, 1.807) is 5.57 Å². The SMILES string of the molecule is C=CCCC(C)C1CCC2C3C(=C)CC4(C)CCCCC4(C)C3CCC12C. The normalized spacial score (nSPS) is 50.4. The molecule has 0 aliphatic heterocycles. The van der Waals surface area contributed by atoms with Gasteiger partial charge in [0.1, 0.15) is 0 Å². The summed E-state index contributed by atoms with van der Waals surface area (Å²) in [5.74, 6) is 4.40. The summed E-state index contributed by atoms with van der Waals surface area (Å²) in [6.07, 6.45) is 17.6. The zero-order chi connectivity index (χ0) is 19.4. The highest BCUT2D eigenvalue weighted by molar-refractivity contribution is 5.23. The van der Waals surface area contributed by atoms with E-state index in [-0.39, 0.29) is 0 Å². The summed E-state index contributed by atoms with van der Waals surface area (Å²) in [4.78, 5) is 0. The topological polar surface area (TPSA) is 0 Å². The van der Waals surface area contributed by atoms with Gasteiger partial charge in [-0.3, -0.25) is 0 Å². The molecule has 0 nitrogen and oxygen atoms in total. The van der Waals surface area contributed by atoms with Gasteiger partial charge in [0.25, 0.3) is 0 Å². The maximum atomic E-state index is 4.76. The molecule has 4 aliphatic carbocycles. The molecule has 0 heterocycles. The Morgan fingerprint density at radius 3 is 2.52 bits per heavy atom. The van der Waals surface area contributed by atoms with Crippen LogP contribution < -0.4 is 0 Å². The number of allylic oxidation sites excluding steroid dienone is 2. The van der Waals surface area contributed by atoms with E-state index in [1.165, 1.54) is 70.6 Å². The van der Waals surface area contributed by atoms with Gasteiger partial charge in [-0.05, 0) is 104 Å². The second-order valence-corrected chi connectivity index (χ2v) is 11.8. The zero-order valence-electron chi connectivity index (χ0n) is 18.7. The molecule has 152 valence electrons. The Labute approximate surface area is 169 Å². The van der Waals surface area contributed by atoms with E-state index < -0.39 is 0 Å². The van der Waals surface area contributed by atoms with E-state index in [0.717, 1.165) is 29.6 Å². The van der Waals surface area contributed by atoms with Crippen LogP contribution in [-0.4, -0.2) is 0 Å². The third-order valence-corrected chi connectivity index (χ3v) is 10.8. The summed E-state index contributed by atoms with van der Waals surface area (Å²) < 4.78 is 0. The van der Waals surface area contributed by atoms with Crippen LogP contribution >= 0.6 is 0 Å². The molecule has 0 amide bonds. The smallest absolute Gasteiger partial charge is 0.0138 e. The monoisotopic (exact) mass is 368 g/mol. The van der Waals surface area contributed by atoms with Gasteiger partial charge in [-0.15, -0.1) is 6.58 Å². The predicted molar refractivity (Wildman–Crippen MR) is 118 cm³/mol. The van der Waals surface area contributed by atoms with E-state index >= 15 is 0 Å². The van der Waals surface area contributed by atoms with Gasteiger partial charge in [0.05, 0.1) is 0 Å². The van der Waals surface area contributed by atoms with Crippen LogP contribution in [0.15, 0.2) is 24.8 Å². The second kappa shape index (κ2) is 6.77. The minimum absolute atomic E-state index is 0.520. The van der Waals surface area contributed by atoms with Crippen LogP contribution in [0.1, 0.15) is 98.3 Å². The van der Waals surface area contributed by atoms with Crippen molar-refractivity contribution in [2.45, 2.75) is 98.3 Å². The molecular formula is C27H44. The van der Waals surface area contributed by atoms with E-state index in [1.807, 2.05) is 0 Å². The highest BCUT2D eigenvalue weighted by Gasteiger charge is 2.63. The summed E-state index contributed by atoms with van der Waals surface area (Å²) >= 11 is 0. The van der Waals surface area contributed by atoms with Crippen molar-refractivity contribution in [1.29, 1.82) is 0 Å². The van der Waals surface area contributed by atoms with Gasteiger partial charge in [-0.1, -0.05) is 58.8 Å². The van der Waals surface area contributed by atoms with E-state index in [0.29, 0.717) is 16.2 Å². The fraction of sp³-hybridized carbons (Fsp3) is 0.852. The first-order valence-corrected chi connectivity index (χ1v) is 12.1. The van der Waals surface area contributed by atoms with Gasteiger partial charge >= 0.3 is 0 Å². The lowest BCUT2D eigenvalue weighted by atomic mass is 9.39. The lowest BCUT2D eigenvalue weighted by Crippen LogP contribution is -2.57. The van der Waals surface area contributed by atoms with Gasteiger partial charge in [0.2, 0.25) is 0 Å². The average molecular weight is 369 g/mol. The van der Waals surface area contributed by atoms with Crippen LogP contribution in [0, 0.1) is 45.8 Å². The molecule has 8 atom stereocenters. The van der Waals surface area contributed by atoms with Gasteiger partial charge in [0.15, 0.2) is 0 Å². The molecule has 8 unspecified atom stereocenters. The first kappa shape index (κ1) is 19.8. The van der Waals surface area contributed by atoms with Crippen molar-refractivity contribution in [3.05, 3.63) is 24.8 Å². The Morgan fingerprint density at radius 2 is 1.78 bits per heavy atom. The molecule has 0 aromatic carbocycles. The lowest BCUT2D eigenvalue weighted by Gasteiger charge is -2.65. The van der Waals surface area contributed by atoms with Crippen LogP contribution in [0.3, 0.4) is 0 Å². The lowest BCUT2D eigenvalue weighted by molar-refractivity contribution is -0.130.